The Labute approximate surface area is 156 Å². The van der Waals surface area contributed by atoms with Crippen LogP contribution >= 0.6 is 0 Å². The molecule has 0 spiro atoms. The van der Waals surface area contributed by atoms with Crippen LogP contribution in [-0.2, 0) is 13.1 Å². The summed E-state index contributed by atoms with van der Waals surface area (Å²) in [5.74, 6) is 0.541. The summed E-state index contributed by atoms with van der Waals surface area (Å²) in [4.78, 5) is 4.46. The van der Waals surface area contributed by atoms with Crippen LogP contribution in [0.1, 0.15) is 16.8 Å². The topological polar surface area (TPSA) is 71.4 Å². The van der Waals surface area contributed by atoms with Crippen LogP contribution in [-0.4, -0.2) is 25.0 Å². The number of hydrogen-bond donors (Lipinski definition) is 2. The van der Waals surface area contributed by atoms with Crippen molar-refractivity contribution in [3.8, 4) is 17.1 Å². The van der Waals surface area contributed by atoms with Crippen molar-refractivity contribution < 1.29 is 4.39 Å². The molecule has 4 rings (SSSR count). The molecule has 7 heteroatoms. The smallest absolute Gasteiger partial charge is 0.153 e. The minimum atomic E-state index is -0.251. The Kier molecular flexibility index (Phi) is 4.76. The van der Waals surface area contributed by atoms with Crippen molar-refractivity contribution >= 4 is 0 Å². The van der Waals surface area contributed by atoms with Gasteiger partial charge in [-0.1, -0.05) is 6.07 Å². The van der Waals surface area contributed by atoms with E-state index < -0.39 is 0 Å². The fourth-order valence-electron chi connectivity index (χ4n) is 2.85. The van der Waals surface area contributed by atoms with Crippen LogP contribution in [0.4, 0.5) is 4.39 Å². The number of halogens is 1. The average Bonchev–Trinajstić information content (AvgIpc) is 3.32. The fourth-order valence-corrected chi connectivity index (χ4v) is 2.85. The van der Waals surface area contributed by atoms with E-state index in [1.54, 1.807) is 23.0 Å². The number of aromatic nitrogens is 5. The standard InChI is InChI=1S/C20H19FN6/c1-14-8-9-27(26-14)19-7-2-15(11-23-19)10-22-12-17-13-24-25-20(17)16-3-5-18(21)6-4-16/h2-9,11,13,22H,10,12H2,1H3,(H,24,25). The van der Waals surface area contributed by atoms with E-state index in [4.69, 9.17) is 0 Å². The summed E-state index contributed by atoms with van der Waals surface area (Å²) in [5, 5.41) is 14.8. The van der Waals surface area contributed by atoms with E-state index in [0.717, 1.165) is 33.9 Å². The third-order valence-corrected chi connectivity index (χ3v) is 4.26. The van der Waals surface area contributed by atoms with Gasteiger partial charge in [-0.05, 0) is 48.9 Å². The zero-order valence-corrected chi connectivity index (χ0v) is 14.9. The Morgan fingerprint density at radius 1 is 1.04 bits per heavy atom. The summed E-state index contributed by atoms with van der Waals surface area (Å²) in [6.45, 7) is 3.27. The molecule has 0 unspecified atom stereocenters. The highest BCUT2D eigenvalue weighted by Crippen LogP contribution is 2.21. The molecule has 0 saturated carbocycles. The van der Waals surface area contributed by atoms with Crippen LogP contribution in [0.25, 0.3) is 17.1 Å². The van der Waals surface area contributed by atoms with Gasteiger partial charge in [0.25, 0.3) is 0 Å². The first-order valence-corrected chi connectivity index (χ1v) is 8.65. The minimum Gasteiger partial charge on any atom is -0.308 e. The van der Waals surface area contributed by atoms with Crippen LogP contribution in [0.2, 0.25) is 0 Å². The fraction of sp³-hybridized carbons (Fsp3) is 0.150. The summed E-state index contributed by atoms with van der Waals surface area (Å²) < 4.78 is 14.9. The average molecular weight is 362 g/mol. The van der Waals surface area contributed by atoms with Crippen molar-refractivity contribution in [3.63, 3.8) is 0 Å². The van der Waals surface area contributed by atoms with Gasteiger partial charge in [-0.15, -0.1) is 0 Å². The predicted molar refractivity (Wildman–Crippen MR) is 101 cm³/mol. The van der Waals surface area contributed by atoms with Crippen LogP contribution in [0, 0.1) is 12.7 Å². The maximum absolute atomic E-state index is 13.1. The number of benzene rings is 1. The van der Waals surface area contributed by atoms with Crippen molar-refractivity contribution in [1.82, 2.24) is 30.3 Å². The second kappa shape index (κ2) is 7.51. The first-order chi connectivity index (χ1) is 13.2. The number of aryl methyl sites for hydroxylation is 1. The zero-order chi connectivity index (χ0) is 18.6. The van der Waals surface area contributed by atoms with Crippen LogP contribution in [0.5, 0.6) is 0 Å². The lowest BCUT2D eigenvalue weighted by atomic mass is 10.1. The molecule has 0 saturated heterocycles. The van der Waals surface area contributed by atoms with Gasteiger partial charge >= 0.3 is 0 Å². The van der Waals surface area contributed by atoms with Gasteiger partial charge in [0.2, 0.25) is 0 Å². The lowest BCUT2D eigenvalue weighted by molar-refractivity contribution is 0.628. The predicted octanol–water partition coefficient (Wildman–Crippen LogP) is 3.39. The van der Waals surface area contributed by atoms with E-state index in [9.17, 15) is 4.39 Å². The molecule has 0 aliphatic heterocycles. The SMILES string of the molecule is Cc1ccn(-c2ccc(CNCc3cn[nH]c3-c3ccc(F)cc3)cn2)n1. The normalized spacial score (nSPS) is 11.0. The lowest BCUT2D eigenvalue weighted by Gasteiger charge is -2.07. The second-order valence-corrected chi connectivity index (χ2v) is 6.31. The summed E-state index contributed by atoms with van der Waals surface area (Å²) in [5.41, 5.74) is 4.86. The van der Waals surface area contributed by atoms with Crippen LogP contribution in [0.15, 0.2) is 61.1 Å². The molecule has 0 atom stereocenters. The maximum Gasteiger partial charge on any atom is 0.153 e. The van der Waals surface area contributed by atoms with Gasteiger partial charge < -0.3 is 5.32 Å². The van der Waals surface area contributed by atoms with Crippen molar-refractivity contribution in [2.24, 2.45) is 0 Å². The summed E-state index contributed by atoms with van der Waals surface area (Å²) >= 11 is 0. The van der Waals surface area contributed by atoms with E-state index in [0.29, 0.717) is 13.1 Å². The molecule has 2 N–H and O–H groups in total. The van der Waals surface area contributed by atoms with Gasteiger partial charge in [-0.3, -0.25) is 5.10 Å². The largest absolute Gasteiger partial charge is 0.308 e. The molecule has 3 heterocycles. The lowest BCUT2D eigenvalue weighted by Crippen LogP contribution is -2.13. The Morgan fingerprint density at radius 3 is 2.59 bits per heavy atom. The van der Waals surface area contributed by atoms with Gasteiger partial charge in [-0.25, -0.2) is 14.1 Å². The molecule has 1 aromatic carbocycles. The highest BCUT2D eigenvalue weighted by molar-refractivity contribution is 5.62. The Bertz CT molecular complexity index is 1020. The monoisotopic (exact) mass is 362 g/mol. The highest BCUT2D eigenvalue weighted by Gasteiger charge is 2.08. The van der Waals surface area contributed by atoms with Crippen LogP contribution < -0.4 is 5.32 Å². The van der Waals surface area contributed by atoms with Crippen molar-refractivity contribution in [1.29, 1.82) is 0 Å². The molecule has 0 bridgehead atoms. The van der Waals surface area contributed by atoms with Gasteiger partial charge in [-0.2, -0.15) is 10.2 Å². The Balaban J connectivity index is 1.38. The van der Waals surface area contributed by atoms with Crippen molar-refractivity contribution in [2.75, 3.05) is 0 Å². The quantitative estimate of drug-likeness (QED) is 0.551. The third kappa shape index (κ3) is 3.93. The summed E-state index contributed by atoms with van der Waals surface area (Å²) in [6.07, 6.45) is 5.52. The number of pyridine rings is 1. The molecule has 0 aliphatic rings. The molecule has 3 aromatic heterocycles. The van der Waals surface area contributed by atoms with Crippen molar-refractivity contribution in [3.05, 3.63) is 83.7 Å². The maximum atomic E-state index is 13.1. The Morgan fingerprint density at radius 2 is 1.89 bits per heavy atom. The van der Waals surface area contributed by atoms with Crippen LogP contribution in [0.3, 0.4) is 0 Å². The third-order valence-electron chi connectivity index (χ3n) is 4.26. The number of rotatable bonds is 6. The molecule has 136 valence electrons. The molecule has 0 fully saturated rings. The Hall–Kier alpha value is -3.32. The molecule has 0 amide bonds. The van der Waals surface area contributed by atoms with Gasteiger partial charge in [0.15, 0.2) is 5.82 Å². The van der Waals surface area contributed by atoms with E-state index in [2.05, 4.69) is 25.6 Å². The number of aromatic amines is 1. The van der Waals surface area contributed by atoms with E-state index in [1.807, 2.05) is 37.5 Å². The minimum absolute atomic E-state index is 0.251. The number of nitrogens with one attached hydrogen (secondary N) is 2. The van der Waals surface area contributed by atoms with Crippen molar-refractivity contribution in [2.45, 2.75) is 20.0 Å². The molecular formula is C20H19FN6. The summed E-state index contributed by atoms with van der Waals surface area (Å²) in [7, 11) is 0. The zero-order valence-electron chi connectivity index (χ0n) is 14.9. The van der Waals surface area contributed by atoms with Gasteiger partial charge in [0.1, 0.15) is 5.82 Å². The molecule has 4 aromatic rings. The van der Waals surface area contributed by atoms with E-state index in [-0.39, 0.29) is 5.82 Å². The van der Waals surface area contributed by atoms with Gasteiger partial charge in [0.05, 0.1) is 17.6 Å². The number of hydrogen-bond acceptors (Lipinski definition) is 4. The van der Waals surface area contributed by atoms with E-state index in [1.165, 1.54) is 12.1 Å². The van der Waals surface area contributed by atoms with E-state index >= 15 is 0 Å². The molecule has 6 nitrogen and oxygen atoms in total. The first kappa shape index (κ1) is 17.1. The summed E-state index contributed by atoms with van der Waals surface area (Å²) in [6, 6.07) is 12.3. The molecule has 0 radical (unpaired) electrons. The first-order valence-electron chi connectivity index (χ1n) is 8.65. The second-order valence-electron chi connectivity index (χ2n) is 6.31. The molecule has 27 heavy (non-hydrogen) atoms. The number of H-pyrrole nitrogens is 1. The number of nitrogens with zero attached hydrogens (tertiary/aromatic N) is 4. The highest BCUT2D eigenvalue weighted by atomic mass is 19.1. The van der Waals surface area contributed by atoms with Gasteiger partial charge in [0, 0.05) is 36.6 Å². The molecular weight excluding hydrogens is 343 g/mol. The molecule has 0 aliphatic carbocycles.